The van der Waals surface area contributed by atoms with Gasteiger partial charge in [-0.05, 0) is 65.3 Å². The molecule has 23 heavy (non-hydrogen) atoms. The average molecular weight is 317 g/mol. The summed E-state index contributed by atoms with van der Waals surface area (Å²) in [6.07, 6.45) is 9.18. The van der Waals surface area contributed by atoms with Crippen LogP contribution in [-0.4, -0.2) is 41.2 Å². The van der Waals surface area contributed by atoms with Crippen molar-refractivity contribution in [1.82, 2.24) is 15.1 Å². The molecule has 1 N–H and O–H groups in total. The summed E-state index contributed by atoms with van der Waals surface area (Å²) in [6.45, 7) is 10.7. The number of hydrogen-bond donors (Lipinski definition) is 1. The standard InChI is InChI=1S/C17H28BN3O2/c1-15(2)16(3,4)23-18(22-15)13-10-20-21(11-13)14-8-17(9-14)6-5-7-19-12-17/h10-11,14,19H,5-9,12H2,1-4H3. The monoisotopic (exact) mass is 317 g/mol. The number of rotatable bonds is 2. The van der Waals surface area contributed by atoms with Crippen LogP contribution in [-0.2, 0) is 9.31 Å². The van der Waals surface area contributed by atoms with Crippen LogP contribution < -0.4 is 10.8 Å². The van der Waals surface area contributed by atoms with Gasteiger partial charge in [-0.2, -0.15) is 5.10 Å². The molecule has 2 aliphatic heterocycles. The van der Waals surface area contributed by atoms with Crippen LogP contribution in [0.3, 0.4) is 0 Å². The Morgan fingerprint density at radius 2 is 1.91 bits per heavy atom. The molecule has 1 aromatic rings. The smallest absolute Gasteiger partial charge is 0.399 e. The molecule has 0 unspecified atom stereocenters. The highest BCUT2D eigenvalue weighted by atomic mass is 16.7. The summed E-state index contributed by atoms with van der Waals surface area (Å²) in [7, 11) is -0.306. The van der Waals surface area contributed by atoms with Crippen molar-refractivity contribution in [3.05, 3.63) is 12.4 Å². The van der Waals surface area contributed by atoms with Gasteiger partial charge in [-0.1, -0.05) is 0 Å². The maximum Gasteiger partial charge on any atom is 0.498 e. The molecule has 2 saturated heterocycles. The fourth-order valence-electron chi connectivity index (χ4n) is 4.16. The highest BCUT2D eigenvalue weighted by molar-refractivity contribution is 6.62. The number of piperidine rings is 1. The minimum absolute atomic E-state index is 0.298. The Bertz CT molecular complexity index is 568. The molecule has 3 fully saturated rings. The van der Waals surface area contributed by atoms with Gasteiger partial charge in [-0.15, -0.1) is 0 Å². The van der Waals surface area contributed by atoms with Gasteiger partial charge in [0.2, 0.25) is 0 Å². The first-order valence-electron chi connectivity index (χ1n) is 8.91. The summed E-state index contributed by atoms with van der Waals surface area (Å²) in [5.41, 5.74) is 0.966. The largest absolute Gasteiger partial charge is 0.498 e. The van der Waals surface area contributed by atoms with Crippen LogP contribution in [0.25, 0.3) is 0 Å². The van der Waals surface area contributed by atoms with Crippen molar-refractivity contribution in [2.75, 3.05) is 13.1 Å². The Labute approximate surface area is 139 Å². The van der Waals surface area contributed by atoms with Crippen LogP contribution in [0.15, 0.2) is 12.4 Å². The molecule has 5 nitrogen and oxygen atoms in total. The molecule has 3 aliphatic rings. The Hall–Kier alpha value is -0.845. The molecule has 4 rings (SSSR count). The number of hydrogen-bond acceptors (Lipinski definition) is 4. The van der Waals surface area contributed by atoms with Crippen LogP contribution >= 0.6 is 0 Å². The van der Waals surface area contributed by atoms with E-state index in [1.165, 1.54) is 38.8 Å². The quantitative estimate of drug-likeness (QED) is 0.846. The van der Waals surface area contributed by atoms with Gasteiger partial charge in [0.25, 0.3) is 0 Å². The highest BCUT2D eigenvalue weighted by Gasteiger charge is 2.52. The topological polar surface area (TPSA) is 48.3 Å². The van der Waals surface area contributed by atoms with E-state index in [1.54, 1.807) is 0 Å². The Kier molecular flexibility index (Phi) is 3.46. The number of nitrogens with zero attached hydrogens (tertiary/aromatic N) is 2. The Morgan fingerprint density at radius 3 is 2.52 bits per heavy atom. The molecule has 3 heterocycles. The first-order valence-corrected chi connectivity index (χ1v) is 8.91. The second-order valence-electron chi connectivity index (χ2n) is 8.68. The summed E-state index contributed by atoms with van der Waals surface area (Å²) in [6, 6.07) is 0.533. The van der Waals surface area contributed by atoms with Gasteiger partial charge in [0.1, 0.15) is 0 Å². The van der Waals surface area contributed by atoms with E-state index in [4.69, 9.17) is 9.31 Å². The van der Waals surface area contributed by atoms with E-state index in [1.807, 2.05) is 6.20 Å². The minimum Gasteiger partial charge on any atom is -0.399 e. The van der Waals surface area contributed by atoms with Gasteiger partial charge < -0.3 is 14.6 Å². The zero-order valence-corrected chi connectivity index (χ0v) is 14.8. The molecule has 126 valence electrons. The SMILES string of the molecule is CC1(C)OB(c2cnn(C3CC4(CCCNC4)C3)c2)OC1(C)C. The fraction of sp³-hybridized carbons (Fsp3) is 0.824. The lowest BCUT2D eigenvalue weighted by molar-refractivity contribution is 0.00578. The highest BCUT2D eigenvalue weighted by Crippen LogP contribution is 2.51. The molecule has 6 heteroatoms. The lowest BCUT2D eigenvalue weighted by Gasteiger charge is -2.50. The zero-order valence-electron chi connectivity index (χ0n) is 14.8. The molecular weight excluding hydrogens is 289 g/mol. The van der Waals surface area contributed by atoms with Gasteiger partial charge in [-0.25, -0.2) is 0 Å². The normalized spacial score (nSPS) is 35.5. The zero-order chi connectivity index (χ0) is 16.3. The molecule has 0 aromatic carbocycles. The number of aromatic nitrogens is 2. The second-order valence-corrected chi connectivity index (χ2v) is 8.68. The molecule has 1 saturated carbocycles. The van der Waals surface area contributed by atoms with Crippen molar-refractivity contribution in [3.63, 3.8) is 0 Å². The van der Waals surface area contributed by atoms with Gasteiger partial charge in [-0.3, -0.25) is 4.68 Å². The van der Waals surface area contributed by atoms with Crippen LogP contribution in [0, 0.1) is 5.41 Å². The van der Waals surface area contributed by atoms with E-state index in [2.05, 4.69) is 49.0 Å². The van der Waals surface area contributed by atoms with Crippen molar-refractivity contribution in [3.8, 4) is 0 Å². The summed E-state index contributed by atoms with van der Waals surface area (Å²) in [4.78, 5) is 0. The van der Waals surface area contributed by atoms with Crippen molar-refractivity contribution in [2.45, 2.75) is 70.6 Å². The van der Waals surface area contributed by atoms with Crippen LogP contribution in [0.4, 0.5) is 0 Å². The Balaban J connectivity index is 1.43. The third-order valence-corrected chi connectivity index (χ3v) is 6.42. The summed E-state index contributed by atoms with van der Waals surface area (Å²) < 4.78 is 14.4. The predicted molar refractivity (Wildman–Crippen MR) is 90.8 cm³/mol. The lowest BCUT2D eigenvalue weighted by atomic mass is 9.62. The third kappa shape index (κ3) is 2.55. The van der Waals surface area contributed by atoms with E-state index < -0.39 is 0 Å². The summed E-state index contributed by atoms with van der Waals surface area (Å²) in [5.74, 6) is 0. The van der Waals surface area contributed by atoms with Gasteiger partial charge in [0.15, 0.2) is 0 Å². The van der Waals surface area contributed by atoms with Crippen LogP contribution in [0.1, 0.15) is 59.4 Å². The van der Waals surface area contributed by atoms with Gasteiger partial charge >= 0.3 is 7.12 Å². The average Bonchev–Trinajstić information content (AvgIpc) is 3.00. The molecule has 0 radical (unpaired) electrons. The van der Waals surface area contributed by atoms with E-state index in [0.29, 0.717) is 11.5 Å². The molecule has 1 aliphatic carbocycles. The first-order chi connectivity index (χ1) is 10.8. The van der Waals surface area contributed by atoms with E-state index >= 15 is 0 Å². The van der Waals surface area contributed by atoms with E-state index in [0.717, 1.165) is 5.46 Å². The van der Waals surface area contributed by atoms with Crippen molar-refractivity contribution < 1.29 is 9.31 Å². The third-order valence-electron chi connectivity index (χ3n) is 6.42. The molecule has 0 bridgehead atoms. The second kappa shape index (κ2) is 5.07. The summed E-state index contributed by atoms with van der Waals surface area (Å²) >= 11 is 0. The van der Waals surface area contributed by atoms with E-state index in [9.17, 15) is 0 Å². The number of nitrogens with one attached hydrogen (secondary N) is 1. The van der Waals surface area contributed by atoms with Crippen LogP contribution in [0.2, 0.25) is 0 Å². The molecule has 0 atom stereocenters. The maximum atomic E-state index is 6.12. The van der Waals surface area contributed by atoms with E-state index in [-0.39, 0.29) is 18.3 Å². The van der Waals surface area contributed by atoms with Crippen molar-refractivity contribution in [1.29, 1.82) is 0 Å². The van der Waals surface area contributed by atoms with Gasteiger partial charge in [0.05, 0.1) is 17.2 Å². The lowest BCUT2D eigenvalue weighted by Crippen LogP contribution is -2.49. The van der Waals surface area contributed by atoms with Crippen molar-refractivity contribution >= 4 is 12.6 Å². The van der Waals surface area contributed by atoms with Gasteiger partial charge in [0, 0.05) is 24.4 Å². The molecule has 0 amide bonds. The van der Waals surface area contributed by atoms with Crippen molar-refractivity contribution in [2.24, 2.45) is 5.41 Å². The molecule has 1 spiro atoms. The minimum atomic E-state index is -0.306. The fourth-order valence-corrected chi connectivity index (χ4v) is 4.16. The molecule has 1 aromatic heterocycles. The molecular formula is C17H28BN3O2. The first kappa shape index (κ1) is 15.7. The predicted octanol–water partition coefficient (Wildman–Crippen LogP) is 1.89. The Morgan fingerprint density at radius 1 is 1.22 bits per heavy atom. The summed E-state index contributed by atoms with van der Waals surface area (Å²) in [5, 5.41) is 8.14. The maximum absolute atomic E-state index is 6.12. The van der Waals surface area contributed by atoms with Crippen LogP contribution in [0.5, 0.6) is 0 Å².